The van der Waals surface area contributed by atoms with Gasteiger partial charge in [0.15, 0.2) is 0 Å². The summed E-state index contributed by atoms with van der Waals surface area (Å²) in [6.07, 6.45) is 3.78. The van der Waals surface area contributed by atoms with Gasteiger partial charge >= 0.3 is 0 Å². The van der Waals surface area contributed by atoms with Crippen molar-refractivity contribution in [3.05, 3.63) is 0 Å². The van der Waals surface area contributed by atoms with E-state index in [1.165, 1.54) is 32.4 Å². The molecule has 2 nitrogen and oxygen atoms in total. The van der Waals surface area contributed by atoms with Gasteiger partial charge < -0.3 is 10.2 Å². The molecule has 0 aliphatic carbocycles. The summed E-state index contributed by atoms with van der Waals surface area (Å²) >= 11 is 0. The Morgan fingerprint density at radius 1 is 1.24 bits per heavy atom. The van der Waals surface area contributed by atoms with Crippen molar-refractivity contribution in [2.75, 3.05) is 33.2 Å². The van der Waals surface area contributed by atoms with Gasteiger partial charge in [0, 0.05) is 13.1 Å². The topological polar surface area (TPSA) is 15.3 Å². The maximum absolute atomic E-state index is 3.57. The zero-order valence-electron chi connectivity index (χ0n) is 13.0. The Morgan fingerprint density at radius 3 is 2.35 bits per heavy atom. The fraction of sp³-hybridized carbons (Fsp3) is 1.00. The Bertz CT molecular complexity index is 180. The molecule has 1 atom stereocenters. The molecule has 0 aromatic rings. The van der Waals surface area contributed by atoms with Gasteiger partial charge in [-0.15, -0.1) is 0 Å². The predicted octanol–water partition coefficient (Wildman–Crippen LogP) is 3.38. The molecule has 0 heterocycles. The van der Waals surface area contributed by atoms with E-state index < -0.39 is 0 Å². The van der Waals surface area contributed by atoms with E-state index in [0.29, 0.717) is 5.41 Å². The van der Waals surface area contributed by atoms with Gasteiger partial charge in [0.05, 0.1) is 0 Å². The smallest absolute Gasteiger partial charge is 0.00443 e. The van der Waals surface area contributed by atoms with Crippen LogP contribution in [0.2, 0.25) is 0 Å². The minimum absolute atomic E-state index is 0.418. The second-order valence-electron chi connectivity index (χ2n) is 6.26. The van der Waals surface area contributed by atoms with Crippen molar-refractivity contribution in [1.29, 1.82) is 0 Å². The molecular formula is C15H34N2. The van der Waals surface area contributed by atoms with Crippen LogP contribution in [0.4, 0.5) is 0 Å². The van der Waals surface area contributed by atoms with Crippen LogP contribution in [0.5, 0.6) is 0 Å². The zero-order chi connectivity index (χ0) is 13.3. The monoisotopic (exact) mass is 242 g/mol. The van der Waals surface area contributed by atoms with Crippen LogP contribution in [0.1, 0.15) is 53.9 Å². The van der Waals surface area contributed by atoms with E-state index in [-0.39, 0.29) is 0 Å². The summed E-state index contributed by atoms with van der Waals surface area (Å²) in [7, 11) is 2.26. The van der Waals surface area contributed by atoms with Crippen molar-refractivity contribution in [1.82, 2.24) is 10.2 Å². The SMILES string of the molecule is CCCNCC(C)(CC)CN(C)CCC(C)C. The van der Waals surface area contributed by atoms with E-state index in [9.17, 15) is 0 Å². The molecule has 0 saturated carbocycles. The van der Waals surface area contributed by atoms with Crippen molar-refractivity contribution in [3.63, 3.8) is 0 Å². The van der Waals surface area contributed by atoms with Gasteiger partial charge in [0.25, 0.3) is 0 Å². The maximum Gasteiger partial charge on any atom is 0.00443 e. The molecule has 17 heavy (non-hydrogen) atoms. The molecule has 0 aliphatic heterocycles. The van der Waals surface area contributed by atoms with E-state index in [4.69, 9.17) is 0 Å². The first-order valence-corrected chi connectivity index (χ1v) is 7.32. The highest BCUT2D eigenvalue weighted by molar-refractivity contribution is 4.78. The van der Waals surface area contributed by atoms with E-state index in [0.717, 1.165) is 19.0 Å². The average Bonchev–Trinajstić information content (AvgIpc) is 2.27. The lowest BCUT2D eigenvalue weighted by molar-refractivity contribution is 0.175. The van der Waals surface area contributed by atoms with E-state index >= 15 is 0 Å². The van der Waals surface area contributed by atoms with Crippen molar-refractivity contribution in [2.45, 2.75) is 53.9 Å². The van der Waals surface area contributed by atoms with Crippen molar-refractivity contribution in [2.24, 2.45) is 11.3 Å². The molecule has 0 aliphatic rings. The van der Waals surface area contributed by atoms with Crippen LogP contribution in [-0.2, 0) is 0 Å². The fourth-order valence-electron chi connectivity index (χ4n) is 2.07. The van der Waals surface area contributed by atoms with Crippen LogP contribution in [-0.4, -0.2) is 38.1 Å². The zero-order valence-corrected chi connectivity index (χ0v) is 13.0. The number of nitrogens with one attached hydrogen (secondary N) is 1. The molecule has 0 saturated heterocycles. The molecule has 0 fully saturated rings. The van der Waals surface area contributed by atoms with Gasteiger partial charge in [0.1, 0.15) is 0 Å². The fourth-order valence-corrected chi connectivity index (χ4v) is 2.07. The standard InChI is InChI=1S/C15H34N2/c1-7-10-16-12-15(5,8-2)13-17(6)11-9-14(3)4/h14,16H,7-13H2,1-6H3. The molecule has 1 N–H and O–H groups in total. The van der Waals surface area contributed by atoms with Gasteiger partial charge in [-0.3, -0.25) is 0 Å². The Hall–Kier alpha value is -0.0800. The highest BCUT2D eigenvalue weighted by Gasteiger charge is 2.23. The first kappa shape index (κ1) is 16.9. The quantitative estimate of drug-likeness (QED) is 0.591. The van der Waals surface area contributed by atoms with Gasteiger partial charge in [-0.25, -0.2) is 0 Å². The van der Waals surface area contributed by atoms with E-state index in [1.807, 2.05) is 0 Å². The van der Waals surface area contributed by atoms with Gasteiger partial charge in [-0.05, 0) is 50.7 Å². The number of hydrogen-bond donors (Lipinski definition) is 1. The second-order valence-corrected chi connectivity index (χ2v) is 6.26. The molecule has 0 spiro atoms. The normalized spacial score (nSPS) is 15.5. The first-order valence-electron chi connectivity index (χ1n) is 7.32. The third-order valence-electron chi connectivity index (χ3n) is 3.57. The lowest BCUT2D eigenvalue weighted by atomic mass is 9.86. The number of nitrogens with zero attached hydrogens (tertiary/aromatic N) is 1. The van der Waals surface area contributed by atoms with Gasteiger partial charge in [0.2, 0.25) is 0 Å². The second kappa shape index (κ2) is 8.93. The molecule has 0 rings (SSSR count). The van der Waals surface area contributed by atoms with Crippen LogP contribution in [0.25, 0.3) is 0 Å². The van der Waals surface area contributed by atoms with E-state index in [1.54, 1.807) is 0 Å². The summed E-state index contributed by atoms with van der Waals surface area (Å²) in [5, 5.41) is 3.57. The molecule has 0 aromatic heterocycles. The minimum Gasteiger partial charge on any atom is -0.316 e. The molecule has 0 aromatic carbocycles. The van der Waals surface area contributed by atoms with Crippen LogP contribution >= 0.6 is 0 Å². The number of hydrogen-bond acceptors (Lipinski definition) is 2. The first-order chi connectivity index (χ1) is 7.93. The molecular weight excluding hydrogens is 208 g/mol. The molecule has 0 amide bonds. The lowest BCUT2D eigenvalue weighted by Crippen LogP contribution is -2.41. The maximum atomic E-state index is 3.57. The summed E-state index contributed by atoms with van der Waals surface area (Å²) in [6.45, 7) is 16.3. The van der Waals surface area contributed by atoms with Crippen molar-refractivity contribution >= 4 is 0 Å². The third kappa shape index (κ3) is 8.62. The summed E-state index contributed by atoms with van der Waals surface area (Å²) < 4.78 is 0. The molecule has 0 bridgehead atoms. The van der Waals surface area contributed by atoms with Crippen LogP contribution in [0.15, 0.2) is 0 Å². The van der Waals surface area contributed by atoms with Crippen LogP contribution in [0, 0.1) is 11.3 Å². The average molecular weight is 242 g/mol. The molecule has 2 heteroatoms. The van der Waals surface area contributed by atoms with Crippen molar-refractivity contribution in [3.8, 4) is 0 Å². The number of rotatable bonds is 10. The highest BCUT2D eigenvalue weighted by Crippen LogP contribution is 2.21. The van der Waals surface area contributed by atoms with Gasteiger partial charge in [-0.2, -0.15) is 0 Å². The largest absolute Gasteiger partial charge is 0.316 e. The van der Waals surface area contributed by atoms with Gasteiger partial charge in [-0.1, -0.05) is 34.6 Å². The lowest BCUT2D eigenvalue weighted by Gasteiger charge is -2.33. The van der Waals surface area contributed by atoms with E-state index in [2.05, 4.69) is 51.9 Å². The molecule has 0 radical (unpaired) electrons. The van der Waals surface area contributed by atoms with Crippen LogP contribution < -0.4 is 5.32 Å². The summed E-state index contributed by atoms with van der Waals surface area (Å²) in [5.41, 5.74) is 0.418. The Morgan fingerprint density at radius 2 is 1.88 bits per heavy atom. The predicted molar refractivity (Wildman–Crippen MR) is 78.5 cm³/mol. The van der Waals surface area contributed by atoms with Crippen LogP contribution in [0.3, 0.4) is 0 Å². The molecule has 104 valence electrons. The summed E-state index contributed by atoms with van der Waals surface area (Å²) in [6, 6.07) is 0. The molecule has 1 unspecified atom stereocenters. The highest BCUT2D eigenvalue weighted by atomic mass is 15.1. The Labute approximate surface area is 109 Å². The third-order valence-corrected chi connectivity index (χ3v) is 3.57. The van der Waals surface area contributed by atoms with Crippen molar-refractivity contribution < 1.29 is 0 Å². The minimum atomic E-state index is 0.418. The summed E-state index contributed by atoms with van der Waals surface area (Å²) in [4.78, 5) is 2.50. The summed E-state index contributed by atoms with van der Waals surface area (Å²) in [5.74, 6) is 0.809. The Balaban J connectivity index is 3.98. The Kier molecular flexibility index (Phi) is 8.89.